The Morgan fingerprint density at radius 3 is 2.39 bits per heavy atom. The van der Waals surface area contributed by atoms with Gasteiger partial charge < -0.3 is 23.6 Å². The number of hydrogen-bond donors (Lipinski definition) is 1. The maximum absolute atomic E-state index is 13.8. The van der Waals surface area contributed by atoms with Crippen molar-refractivity contribution in [2.24, 2.45) is 0 Å². The number of aromatic nitrogens is 1. The van der Waals surface area contributed by atoms with Crippen LogP contribution in [0.4, 0.5) is 0 Å². The molecule has 7 heteroatoms. The van der Waals surface area contributed by atoms with Crippen molar-refractivity contribution < 1.29 is 18.4 Å². The zero-order valence-electron chi connectivity index (χ0n) is 19.1. The van der Waals surface area contributed by atoms with Crippen molar-refractivity contribution in [1.82, 2.24) is 14.8 Å². The van der Waals surface area contributed by atoms with Crippen LogP contribution in [0, 0.1) is 0 Å². The Morgan fingerprint density at radius 1 is 1.00 bits per heavy atom. The molecule has 1 aliphatic carbocycles. The molecule has 2 aliphatic rings. The van der Waals surface area contributed by atoms with Crippen molar-refractivity contribution in [2.45, 2.75) is 76.5 Å². The van der Waals surface area contributed by atoms with Crippen LogP contribution in [-0.2, 0) is 17.9 Å². The predicted octanol–water partition coefficient (Wildman–Crippen LogP) is 4.98. The van der Waals surface area contributed by atoms with Gasteiger partial charge in [0, 0.05) is 6.04 Å². The Bertz CT molecular complexity index is 1090. The molecule has 1 saturated carbocycles. The number of hydrogen-bond acceptors (Lipinski definition) is 4. The topological polar surface area (TPSA) is 80.6 Å². The second kappa shape index (κ2) is 8.96. The summed E-state index contributed by atoms with van der Waals surface area (Å²) in [4.78, 5) is 29.2. The van der Waals surface area contributed by atoms with E-state index >= 15 is 0 Å². The highest BCUT2D eigenvalue weighted by atomic mass is 16.3. The van der Waals surface area contributed by atoms with Gasteiger partial charge in [0.25, 0.3) is 5.91 Å². The van der Waals surface area contributed by atoms with Gasteiger partial charge in [-0.25, -0.2) is 0 Å². The number of carbonyl (C=O) groups excluding carboxylic acids is 2. The highest BCUT2D eigenvalue weighted by Crippen LogP contribution is 2.34. The smallest absolute Gasteiger partial charge is 0.271 e. The molecule has 5 rings (SSSR count). The first-order chi connectivity index (χ1) is 16.1. The molecule has 1 N–H and O–H groups in total. The largest absolute Gasteiger partial charge is 0.467 e. The van der Waals surface area contributed by atoms with Crippen LogP contribution in [0.15, 0.2) is 57.8 Å². The summed E-state index contributed by atoms with van der Waals surface area (Å²) in [6.07, 6.45) is 11.1. The standard InChI is InChI=1S/C26H31N3O4/c1-26(25(31)27-19-9-5-3-2-4-6-10-19)18-28-21(23-12-8-16-33-23)13-14-22(28)24(30)29(26)17-20-11-7-15-32-20/h7-8,11-16,19H,2-6,9-10,17-18H2,1H3,(H,27,31)/t26-/m1/s1. The lowest BCUT2D eigenvalue weighted by Crippen LogP contribution is -2.64. The van der Waals surface area contributed by atoms with Gasteiger partial charge >= 0.3 is 0 Å². The van der Waals surface area contributed by atoms with Crippen molar-refractivity contribution in [1.29, 1.82) is 0 Å². The van der Waals surface area contributed by atoms with Gasteiger partial charge in [-0.05, 0) is 56.2 Å². The molecule has 4 heterocycles. The quantitative estimate of drug-likeness (QED) is 0.595. The third-order valence-corrected chi connectivity index (χ3v) is 7.10. The number of amides is 2. The number of nitrogens with one attached hydrogen (secondary N) is 1. The van der Waals surface area contributed by atoms with E-state index < -0.39 is 5.54 Å². The Kier molecular flexibility index (Phi) is 5.87. The lowest BCUT2D eigenvalue weighted by atomic mass is 9.92. The van der Waals surface area contributed by atoms with Crippen LogP contribution in [0.25, 0.3) is 11.5 Å². The summed E-state index contributed by atoms with van der Waals surface area (Å²) in [5, 5.41) is 3.30. The Balaban J connectivity index is 1.48. The Labute approximate surface area is 193 Å². The predicted molar refractivity (Wildman–Crippen MR) is 123 cm³/mol. The van der Waals surface area contributed by atoms with Gasteiger partial charge in [-0.3, -0.25) is 9.59 Å². The third kappa shape index (κ3) is 4.12. The summed E-state index contributed by atoms with van der Waals surface area (Å²) < 4.78 is 13.1. The first-order valence-electron chi connectivity index (χ1n) is 11.9. The molecule has 33 heavy (non-hydrogen) atoms. The zero-order valence-corrected chi connectivity index (χ0v) is 19.1. The molecule has 0 aromatic carbocycles. The summed E-state index contributed by atoms with van der Waals surface area (Å²) in [5.41, 5.74) is 0.273. The third-order valence-electron chi connectivity index (χ3n) is 7.10. The first-order valence-corrected chi connectivity index (χ1v) is 11.9. The molecule has 2 amide bonds. The average Bonchev–Trinajstić information content (AvgIpc) is 3.54. The van der Waals surface area contributed by atoms with Crippen LogP contribution >= 0.6 is 0 Å². The lowest BCUT2D eigenvalue weighted by molar-refractivity contribution is -0.134. The maximum atomic E-state index is 13.8. The minimum absolute atomic E-state index is 0.113. The zero-order chi connectivity index (χ0) is 22.8. The number of furan rings is 2. The van der Waals surface area contributed by atoms with Crippen LogP contribution in [0.1, 0.15) is 68.1 Å². The molecule has 0 bridgehead atoms. The van der Waals surface area contributed by atoms with E-state index in [4.69, 9.17) is 8.83 Å². The van der Waals surface area contributed by atoms with E-state index in [1.54, 1.807) is 23.5 Å². The fourth-order valence-electron chi connectivity index (χ4n) is 5.16. The second-order valence-electron chi connectivity index (χ2n) is 9.43. The first kappa shape index (κ1) is 21.6. The highest BCUT2D eigenvalue weighted by Gasteiger charge is 2.48. The summed E-state index contributed by atoms with van der Waals surface area (Å²) in [6.45, 7) is 2.44. The average molecular weight is 450 g/mol. The van der Waals surface area contributed by atoms with Crippen LogP contribution in [0.3, 0.4) is 0 Å². The van der Waals surface area contributed by atoms with E-state index in [9.17, 15) is 9.59 Å². The Morgan fingerprint density at radius 2 is 1.70 bits per heavy atom. The van der Waals surface area contributed by atoms with Crippen LogP contribution in [0.5, 0.6) is 0 Å². The number of rotatable bonds is 5. The molecular formula is C26H31N3O4. The molecule has 3 aromatic heterocycles. The van der Waals surface area contributed by atoms with Crippen LogP contribution in [-0.4, -0.2) is 32.9 Å². The van der Waals surface area contributed by atoms with Crippen molar-refractivity contribution in [3.63, 3.8) is 0 Å². The second-order valence-corrected chi connectivity index (χ2v) is 9.43. The molecule has 1 atom stereocenters. The fourth-order valence-corrected chi connectivity index (χ4v) is 5.16. The van der Waals surface area contributed by atoms with E-state index in [2.05, 4.69) is 5.32 Å². The fraction of sp³-hybridized carbons (Fsp3) is 0.462. The van der Waals surface area contributed by atoms with E-state index in [1.807, 2.05) is 41.8 Å². The van der Waals surface area contributed by atoms with E-state index in [0.717, 1.165) is 31.4 Å². The molecule has 0 saturated heterocycles. The number of fused-ring (bicyclic) bond motifs is 1. The highest BCUT2D eigenvalue weighted by molar-refractivity contribution is 6.00. The molecule has 0 unspecified atom stereocenters. The van der Waals surface area contributed by atoms with Gasteiger partial charge in [0.2, 0.25) is 5.91 Å². The van der Waals surface area contributed by atoms with Crippen molar-refractivity contribution in [3.8, 4) is 11.5 Å². The van der Waals surface area contributed by atoms with Gasteiger partial charge in [0.1, 0.15) is 22.8 Å². The van der Waals surface area contributed by atoms with Crippen LogP contribution < -0.4 is 5.32 Å². The van der Waals surface area contributed by atoms with Crippen LogP contribution in [0.2, 0.25) is 0 Å². The summed E-state index contributed by atoms with van der Waals surface area (Å²) in [7, 11) is 0. The van der Waals surface area contributed by atoms with Gasteiger partial charge in [0.15, 0.2) is 0 Å². The molecular weight excluding hydrogens is 418 g/mol. The summed E-state index contributed by atoms with van der Waals surface area (Å²) >= 11 is 0. The lowest BCUT2D eigenvalue weighted by Gasteiger charge is -2.44. The molecule has 1 aliphatic heterocycles. The molecule has 0 radical (unpaired) electrons. The minimum Gasteiger partial charge on any atom is -0.467 e. The van der Waals surface area contributed by atoms with Crippen molar-refractivity contribution >= 4 is 11.8 Å². The maximum Gasteiger partial charge on any atom is 0.271 e. The molecule has 174 valence electrons. The summed E-state index contributed by atoms with van der Waals surface area (Å²) in [5.74, 6) is 1.03. The number of carbonyl (C=O) groups is 2. The van der Waals surface area contributed by atoms with Gasteiger partial charge in [-0.1, -0.05) is 32.1 Å². The van der Waals surface area contributed by atoms with E-state index in [1.165, 1.54) is 19.3 Å². The molecule has 0 spiro atoms. The van der Waals surface area contributed by atoms with Gasteiger partial charge in [-0.15, -0.1) is 0 Å². The number of nitrogens with zero attached hydrogens (tertiary/aromatic N) is 2. The minimum atomic E-state index is -1.07. The summed E-state index contributed by atoms with van der Waals surface area (Å²) in [6, 6.07) is 11.2. The Hall–Kier alpha value is -3.22. The van der Waals surface area contributed by atoms with E-state index in [-0.39, 0.29) is 24.4 Å². The monoisotopic (exact) mass is 449 g/mol. The van der Waals surface area contributed by atoms with Gasteiger partial charge in [-0.2, -0.15) is 0 Å². The molecule has 7 nitrogen and oxygen atoms in total. The van der Waals surface area contributed by atoms with Crippen molar-refractivity contribution in [2.75, 3.05) is 0 Å². The molecule has 1 fully saturated rings. The molecule has 3 aromatic rings. The normalized spacial score (nSPS) is 22.0. The van der Waals surface area contributed by atoms with E-state index in [0.29, 0.717) is 23.8 Å². The van der Waals surface area contributed by atoms with Crippen molar-refractivity contribution in [3.05, 3.63) is 60.4 Å². The van der Waals surface area contributed by atoms with Gasteiger partial charge in [0.05, 0.1) is 31.3 Å². The SMILES string of the molecule is C[C@]1(C(=O)NC2CCCCCCC2)Cn2c(ccc2-c2ccco2)C(=O)N1Cc1ccco1.